The molecule has 27 heavy (non-hydrogen) atoms. The molecule has 2 heterocycles. The summed E-state index contributed by atoms with van der Waals surface area (Å²) in [6, 6.07) is 5.42. The largest absolute Gasteiger partial charge is 0.296 e. The highest BCUT2D eigenvalue weighted by atomic mass is 32.2. The van der Waals surface area contributed by atoms with Gasteiger partial charge in [0.15, 0.2) is 5.78 Å². The van der Waals surface area contributed by atoms with Crippen molar-refractivity contribution >= 4 is 21.5 Å². The molecule has 1 aliphatic carbocycles. The molecule has 3 atom stereocenters. The molecule has 1 saturated heterocycles. The number of carbonyl (C=O) groups excluding carboxylic acids is 1. The molecule has 148 valence electrons. The molecule has 0 spiro atoms. The van der Waals surface area contributed by atoms with Gasteiger partial charge in [-0.3, -0.25) is 14.0 Å². The summed E-state index contributed by atoms with van der Waals surface area (Å²) < 4.78 is 25.6. The highest BCUT2D eigenvalue weighted by molar-refractivity contribution is 7.92. The SMILES string of the molecule is CC1Cc2cc(C(=O)CN3CCC4CCCCC4C3)ccc2N1S(C)(=O)=O. The first kappa shape index (κ1) is 18.9. The third-order valence-electron chi connectivity index (χ3n) is 6.65. The summed E-state index contributed by atoms with van der Waals surface area (Å²) in [5.41, 5.74) is 2.40. The molecular formula is C21H30N2O3S. The van der Waals surface area contributed by atoms with Crippen LogP contribution in [0.3, 0.4) is 0 Å². The Morgan fingerprint density at radius 2 is 1.89 bits per heavy atom. The quantitative estimate of drug-likeness (QED) is 0.742. The van der Waals surface area contributed by atoms with Crippen molar-refractivity contribution in [2.45, 2.75) is 51.5 Å². The molecule has 0 aromatic heterocycles. The fourth-order valence-electron chi connectivity index (χ4n) is 5.40. The Bertz CT molecular complexity index is 836. The Morgan fingerprint density at radius 1 is 1.15 bits per heavy atom. The third kappa shape index (κ3) is 3.79. The monoisotopic (exact) mass is 390 g/mol. The second-order valence-corrected chi connectivity index (χ2v) is 10.6. The lowest BCUT2D eigenvalue weighted by molar-refractivity contribution is 0.0713. The van der Waals surface area contributed by atoms with Crippen LogP contribution in [0.4, 0.5) is 5.69 Å². The van der Waals surface area contributed by atoms with Gasteiger partial charge in [0.05, 0.1) is 18.5 Å². The van der Waals surface area contributed by atoms with Gasteiger partial charge in [-0.2, -0.15) is 0 Å². The standard InChI is InChI=1S/C21H30N2O3S/c1-15-11-19-12-17(7-8-20(19)23(15)27(2,25)26)21(24)14-22-10-9-16-5-3-4-6-18(16)13-22/h7-8,12,15-16,18H,3-6,9-11,13-14H2,1-2H3. The van der Waals surface area contributed by atoms with Crippen molar-refractivity contribution in [3.8, 4) is 0 Å². The van der Waals surface area contributed by atoms with Crippen LogP contribution in [0.1, 0.15) is 54.9 Å². The van der Waals surface area contributed by atoms with Crippen LogP contribution in [0.5, 0.6) is 0 Å². The minimum absolute atomic E-state index is 0.0920. The zero-order valence-electron chi connectivity index (χ0n) is 16.4. The molecule has 0 amide bonds. The van der Waals surface area contributed by atoms with Crippen molar-refractivity contribution in [3.63, 3.8) is 0 Å². The average Bonchev–Trinajstić information content (AvgIpc) is 2.96. The van der Waals surface area contributed by atoms with Gasteiger partial charge >= 0.3 is 0 Å². The van der Waals surface area contributed by atoms with Crippen molar-refractivity contribution in [2.75, 3.05) is 30.2 Å². The summed E-state index contributed by atoms with van der Waals surface area (Å²) in [6.45, 7) is 4.47. The van der Waals surface area contributed by atoms with E-state index in [-0.39, 0.29) is 11.8 Å². The molecule has 1 saturated carbocycles. The zero-order chi connectivity index (χ0) is 19.2. The van der Waals surface area contributed by atoms with E-state index in [1.54, 1.807) is 12.1 Å². The van der Waals surface area contributed by atoms with Crippen molar-refractivity contribution in [1.82, 2.24) is 4.90 Å². The summed E-state index contributed by atoms with van der Waals surface area (Å²) in [5.74, 6) is 1.79. The molecule has 0 radical (unpaired) electrons. The van der Waals surface area contributed by atoms with E-state index in [0.29, 0.717) is 18.5 Å². The lowest BCUT2D eigenvalue weighted by Crippen LogP contribution is -2.43. The Balaban J connectivity index is 1.45. The minimum Gasteiger partial charge on any atom is -0.296 e. The first-order valence-corrected chi connectivity index (χ1v) is 12.1. The fourth-order valence-corrected chi connectivity index (χ4v) is 6.66. The number of fused-ring (bicyclic) bond motifs is 2. The number of rotatable bonds is 4. The Kier molecular flexibility index (Phi) is 5.06. The van der Waals surface area contributed by atoms with Crippen LogP contribution < -0.4 is 4.31 Å². The molecular weight excluding hydrogens is 360 g/mol. The highest BCUT2D eigenvalue weighted by Gasteiger charge is 2.34. The zero-order valence-corrected chi connectivity index (χ0v) is 17.2. The predicted octanol–water partition coefficient (Wildman–Crippen LogP) is 3.09. The molecule has 2 fully saturated rings. The van der Waals surface area contributed by atoms with E-state index >= 15 is 0 Å². The van der Waals surface area contributed by atoms with E-state index in [1.807, 2.05) is 13.0 Å². The number of hydrogen-bond acceptors (Lipinski definition) is 4. The van der Waals surface area contributed by atoms with Crippen LogP contribution in [0.25, 0.3) is 0 Å². The number of carbonyl (C=O) groups is 1. The lowest BCUT2D eigenvalue weighted by atomic mass is 9.75. The Labute approximate surface area is 162 Å². The molecule has 2 aliphatic heterocycles. The maximum absolute atomic E-state index is 12.9. The van der Waals surface area contributed by atoms with Gasteiger partial charge in [-0.15, -0.1) is 0 Å². The number of ketones is 1. The summed E-state index contributed by atoms with van der Waals surface area (Å²) in [7, 11) is -3.29. The van der Waals surface area contributed by atoms with Gasteiger partial charge in [-0.05, 0) is 68.3 Å². The van der Waals surface area contributed by atoms with Gasteiger partial charge in [0.25, 0.3) is 0 Å². The smallest absolute Gasteiger partial charge is 0.232 e. The molecule has 0 N–H and O–H groups in total. The molecule has 1 aromatic rings. The second kappa shape index (κ2) is 7.21. The van der Waals surface area contributed by atoms with Crippen LogP contribution >= 0.6 is 0 Å². The first-order chi connectivity index (χ1) is 12.8. The Morgan fingerprint density at radius 3 is 2.63 bits per heavy atom. The molecule has 1 aromatic carbocycles. The predicted molar refractivity (Wildman–Crippen MR) is 108 cm³/mol. The maximum atomic E-state index is 12.9. The van der Waals surface area contributed by atoms with Gasteiger partial charge in [-0.1, -0.05) is 19.3 Å². The van der Waals surface area contributed by atoms with Crippen molar-refractivity contribution < 1.29 is 13.2 Å². The number of sulfonamides is 1. The van der Waals surface area contributed by atoms with Crippen LogP contribution in [-0.2, 0) is 16.4 Å². The number of likely N-dealkylation sites (tertiary alicyclic amines) is 1. The average molecular weight is 391 g/mol. The summed E-state index contributed by atoms with van der Waals surface area (Å²) in [6.07, 6.45) is 8.52. The summed E-state index contributed by atoms with van der Waals surface area (Å²) in [5, 5.41) is 0. The number of nitrogens with zero attached hydrogens (tertiary/aromatic N) is 2. The summed E-state index contributed by atoms with van der Waals surface area (Å²) >= 11 is 0. The van der Waals surface area contributed by atoms with E-state index in [4.69, 9.17) is 0 Å². The summed E-state index contributed by atoms with van der Waals surface area (Å²) in [4.78, 5) is 15.2. The van der Waals surface area contributed by atoms with Crippen LogP contribution in [0.2, 0.25) is 0 Å². The van der Waals surface area contributed by atoms with E-state index in [9.17, 15) is 13.2 Å². The van der Waals surface area contributed by atoms with Gasteiger partial charge in [0.2, 0.25) is 10.0 Å². The maximum Gasteiger partial charge on any atom is 0.232 e. The fraction of sp³-hybridized carbons (Fsp3) is 0.667. The highest BCUT2D eigenvalue weighted by Crippen LogP contribution is 2.37. The van der Waals surface area contributed by atoms with Gasteiger partial charge in [0.1, 0.15) is 0 Å². The third-order valence-corrected chi connectivity index (χ3v) is 7.93. The molecule has 6 heteroatoms. The topological polar surface area (TPSA) is 57.7 Å². The number of Topliss-reactive ketones (excluding diaryl/α,β-unsaturated/α-hetero) is 1. The Hall–Kier alpha value is -1.40. The van der Waals surface area contributed by atoms with Crippen molar-refractivity contribution in [3.05, 3.63) is 29.3 Å². The molecule has 3 unspecified atom stereocenters. The van der Waals surface area contributed by atoms with Crippen LogP contribution in [0, 0.1) is 11.8 Å². The van der Waals surface area contributed by atoms with Gasteiger partial charge < -0.3 is 0 Å². The van der Waals surface area contributed by atoms with E-state index in [1.165, 1.54) is 42.7 Å². The van der Waals surface area contributed by atoms with Crippen LogP contribution in [0.15, 0.2) is 18.2 Å². The second-order valence-electron chi connectivity index (χ2n) is 8.71. The number of benzene rings is 1. The number of piperidine rings is 1. The normalized spacial score (nSPS) is 28.7. The van der Waals surface area contributed by atoms with Gasteiger partial charge in [0, 0.05) is 18.2 Å². The molecule has 3 aliphatic rings. The van der Waals surface area contributed by atoms with E-state index < -0.39 is 10.0 Å². The van der Waals surface area contributed by atoms with Crippen LogP contribution in [-0.4, -0.2) is 51.0 Å². The minimum atomic E-state index is -3.29. The molecule has 4 rings (SSSR count). The van der Waals surface area contributed by atoms with E-state index in [2.05, 4.69) is 4.90 Å². The molecule has 0 bridgehead atoms. The van der Waals surface area contributed by atoms with E-state index in [0.717, 1.165) is 36.2 Å². The van der Waals surface area contributed by atoms with Crippen molar-refractivity contribution in [2.24, 2.45) is 11.8 Å². The number of anilines is 1. The number of hydrogen-bond donors (Lipinski definition) is 0. The van der Waals surface area contributed by atoms with Gasteiger partial charge in [-0.25, -0.2) is 8.42 Å². The lowest BCUT2D eigenvalue weighted by Gasteiger charge is -2.41. The molecule has 5 nitrogen and oxygen atoms in total. The van der Waals surface area contributed by atoms with Crippen molar-refractivity contribution in [1.29, 1.82) is 0 Å². The first-order valence-electron chi connectivity index (χ1n) is 10.2.